The largest absolute Gasteiger partial charge is 0.384 e. The molecule has 1 aliphatic carbocycles. The number of aromatic nitrogens is 1. The van der Waals surface area contributed by atoms with Crippen molar-refractivity contribution >= 4 is 11.4 Å². The third kappa shape index (κ3) is 2.85. The van der Waals surface area contributed by atoms with Gasteiger partial charge in [-0.05, 0) is 31.7 Å². The summed E-state index contributed by atoms with van der Waals surface area (Å²) in [5.74, 6) is 0. The Kier molecular flexibility index (Phi) is 3.43. The first kappa shape index (κ1) is 10.3. The molecule has 0 unspecified atom stereocenters. The zero-order chi connectivity index (χ0) is 10.5. The normalized spacial score (nSPS) is 15.8. The van der Waals surface area contributed by atoms with Gasteiger partial charge in [0, 0.05) is 12.6 Å². The van der Waals surface area contributed by atoms with Crippen molar-refractivity contribution in [2.45, 2.75) is 38.6 Å². The van der Waals surface area contributed by atoms with Crippen molar-refractivity contribution in [1.29, 1.82) is 0 Å². The predicted octanol–water partition coefficient (Wildman–Crippen LogP) is 2.87. The Labute approximate surface area is 91.3 Å². The van der Waals surface area contributed by atoms with Crippen LogP contribution in [0.2, 0.25) is 0 Å². The Morgan fingerprint density at radius 2 is 2.13 bits per heavy atom. The van der Waals surface area contributed by atoms with E-state index in [1.54, 1.807) is 0 Å². The Balaban J connectivity index is 1.92. The monoisotopic (exact) mass is 205 g/mol. The number of rotatable bonds is 5. The molecule has 2 rings (SSSR count). The Bertz CT molecular complexity index is 307. The number of nitrogens with zero attached hydrogens (tertiary/aromatic N) is 1. The van der Waals surface area contributed by atoms with E-state index in [1.165, 1.54) is 19.3 Å². The van der Waals surface area contributed by atoms with Crippen molar-refractivity contribution in [1.82, 2.24) is 4.98 Å². The highest BCUT2D eigenvalue weighted by atomic mass is 15.0. The molecule has 1 heterocycles. The van der Waals surface area contributed by atoms with Crippen LogP contribution in [-0.2, 0) is 0 Å². The molecule has 1 saturated carbocycles. The standard InChI is InChI=1S/C12H19N3/c1-2-6-14-11-7-12(9-13-8-11)15-10-4-3-5-10/h7-10,14-15H,2-6H2,1H3. The summed E-state index contributed by atoms with van der Waals surface area (Å²) in [6, 6.07) is 2.81. The van der Waals surface area contributed by atoms with Gasteiger partial charge in [0.2, 0.25) is 0 Å². The minimum Gasteiger partial charge on any atom is -0.384 e. The fourth-order valence-electron chi connectivity index (χ4n) is 1.67. The minimum absolute atomic E-state index is 0.674. The summed E-state index contributed by atoms with van der Waals surface area (Å²) in [6.45, 7) is 3.17. The van der Waals surface area contributed by atoms with Crippen molar-refractivity contribution in [3.63, 3.8) is 0 Å². The lowest BCUT2D eigenvalue weighted by atomic mass is 9.93. The molecule has 0 amide bonds. The highest BCUT2D eigenvalue weighted by Crippen LogP contribution is 2.23. The molecule has 3 heteroatoms. The third-order valence-corrected chi connectivity index (χ3v) is 2.79. The van der Waals surface area contributed by atoms with Gasteiger partial charge in [0.25, 0.3) is 0 Å². The Morgan fingerprint density at radius 1 is 1.33 bits per heavy atom. The number of pyridine rings is 1. The van der Waals surface area contributed by atoms with Crippen molar-refractivity contribution in [2.24, 2.45) is 0 Å². The fourth-order valence-corrected chi connectivity index (χ4v) is 1.67. The predicted molar refractivity (Wildman–Crippen MR) is 64.3 cm³/mol. The van der Waals surface area contributed by atoms with Crippen LogP contribution in [0.5, 0.6) is 0 Å². The number of anilines is 2. The summed E-state index contributed by atoms with van der Waals surface area (Å²) in [5, 5.41) is 6.83. The maximum absolute atomic E-state index is 4.22. The molecule has 3 nitrogen and oxygen atoms in total. The van der Waals surface area contributed by atoms with E-state index in [0.717, 1.165) is 24.3 Å². The smallest absolute Gasteiger partial charge is 0.0549 e. The highest BCUT2D eigenvalue weighted by molar-refractivity contribution is 5.54. The van der Waals surface area contributed by atoms with E-state index < -0.39 is 0 Å². The molecular formula is C12H19N3. The summed E-state index contributed by atoms with van der Waals surface area (Å²) in [4.78, 5) is 4.22. The van der Waals surface area contributed by atoms with Gasteiger partial charge in [0.05, 0.1) is 23.8 Å². The van der Waals surface area contributed by atoms with E-state index in [0.29, 0.717) is 6.04 Å². The van der Waals surface area contributed by atoms with E-state index in [9.17, 15) is 0 Å². The van der Waals surface area contributed by atoms with Crippen molar-refractivity contribution in [3.05, 3.63) is 18.5 Å². The van der Waals surface area contributed by atoms with Gasteiger partial charge in [-0.2, -0.15) is 0 Å². The van der Waals surface area contributed by atoms with Gasteiger partial charge in [-0.25, -0.2) is 0 Å². The van der Waals surface area contributed by atoms with Crippen LogP contribution in [0.25, 0.3) is 0 Å². The summed E-state index contributed by atoms with van der Waals surface area (Å²) >= 11 is 0. The first-order valence-electron chi connectivity index (χ1n) is 5.84. The maximum Gasteiger partial charge on any atom is 0.0549 e. The molecule has 0 spiro atoms. The van der Waals surface area contributed by atoms with Crippen molar-refractivity contribution < 1.29 is 0 Å². The summed E-state index contributed by atoms with van der Waals surface area (Å²) in [6.07, 6.45) is 8.87. The molecule has 0 aromatic carbocycles. The Hall–Kier alpha value is -1.25. The van der Waals surface area contributed by atoms with Crippen LogP contribution in [0.3, 0.4) is 0 Å². The summed E-state index contributed by atoms with van der Waals surface area (Å²) in [5.41, 5.74) is 2.25. The molecule has 1 aliphatic rings. The molecule has 82 valence electrons. The van der Waals surface area contributed by atoms with Crippen molar-refractivity contribution in [3.8, 4) is 0 Å². The molecule has 1 aromatic rings. The van der Waals surface area contributed by atoms with Crippen LogP contribution in [-0.4, -0.2) is 17.6 Å². The van der Waals surface area contributed by atoms with E-state index in [4.69, 9.17) is 0 Å². The molecule has 1 fully saturated rings. The van der Waals surface area contributed by atoms with E-state index >= 15 is 0 Å². The third-order valence-electron chi connectivity index (χ3n) is 2.79. The average Bonchev–Trinajstić information content (AvgIpc) is 2.21. The molecule has 0 bridgehead atoms. The minimum atomic E-state index is 0.674. The maximum atomic E-state index is 4.22. The second kappa shape index (κ2) is 5.01. The summed E-state index contributed by atoms with van der Waals surface area (Å²) < 4.78 is 0. The molecule has 0 atom stereocenters. The van der Waals surface area contributed by atoms with Crippen LogP contribution in [0, 0.1) is 0 Å². The lowest BCUT2D eigenvalue weighted by Crippen LogP contribution is -2.27. The van der Waals surface area contributed by atoms with Gasteiger partial charge in [-0.3, -0.25) is 4.98 Å². The van der Waals surface area contributed by atoms with E-state index in [-0.39, 0.29) is 0 Å². The SMILES string of the molecule is CCCNc1cncc(NC2CCC2)c1. The van der Waals surface area contributed by atoms with Crippen LogP contribution in [0.4, 0.5) is 11.4 Å². The molecule has 0 saturated heterocycles. The summed E-state index contributed by atoms with van der Waals surface area (Å²) in [7, 11) is 0. The van der Waals surface area contributed by atoms with Gasteiger partial charge in [-0.15, -0.1) is 0 Å². The number of nitrogens with one attached hydrogen (secondary N) is 2. The van der Waals surface area contributed by atoms with Crippen LogP contribution < -0.4 is 10.6 Å². The molecule has 0 aliphatic heterocycles. The van der Waals surface area contributed by atoms with Gasteiger partial charge in [0.15, 0.2) is 0 Å². The molecular weight excluding hydrogens is 186 g/mol. The Morgan fingerprint density at radius 3 is 2.80 bits per heavy atom. The molecule has 15 heavy (non-hydrogen) atoms. The van der Waals surface area contributed by atoms with Crippen LogP contribution in [0.15, 0.2) is 18.5 Å². The quantitative estimate of drug-likeness (QED) is 0.776. The van der Waals surface area contributed by atoms with Gasteiger partial charge >= 0.3 is 0 Å². The molecule has 0 radical (unpaired) electrons. The zero-order valence-electron chi connectivity index (χ0n) is 9.29. The average molecular weight is 205 g/mol. The lowest BCUT2D eigenvalue weighted by molar-refractivity contribution is 0.445. The number of hydrogen-bond donors (Lipinski definition) is 2. The fraction of sp³-hybridized carbons (Fsp3) is 0.583. The molecule has 1 aromatic heterocycles. The topological polar surface area (TPSA) is 37.0 Å². The van der Waals surface area contributed by atoms with Gasteiger partial charge < -0.3 is 10.6 Å². The van der Waals surface area contributed by atoms with E-state index in [2.05, 4.69) is 28.6 Å². The first-order chi connectivity index (χ1) is 7.38. The van der Waals surface area contributed by atoms with Gasteiger partial charge in [0.1, 0.15) is 0 Å². The van der Waals surface area contributed by atoms with E-state index in [1.807, 2.05) is 12.4 Å². The highest BCUT2D eigenvalue weighted by Gasteiger charge is 2.16. The lowest BCUT2D eigenvalue weighted by Gasteiger charge is -2.27. The second-order valence-corrected chi connectivity index (χ2v) is 4.16. The molecule has 2 N–H and O–H groups in total. The van der Waals surface area contributed by atoms with Crippen molar-refractivity contribution in [2.75, 3.05) is 17.2 Å². The van der Waals surface area contributed by atoms with Crippen LogP contribution in [0.1, 0.15) is 32.6 Å². The van der Waals surface area contributed by atoms with Crippen LogP contribution >= 0.6 is 0 Å². The zero-order valence-corrected chi connectivity index (χ0v) is 9.29. The van der Waals surface area contributed by atoms with Gasteiger partial charge in [-0.1, -0.05) is 6.92 Å². The number of hydrogen-bond acceptors (Lipinski definition) is 3. The first-order valence-corrected chi connectivity index (χ1v) is 5.84. The second-order valence-electron chi connectivity index (χ2n) is 4.16.